The molecule has 5 nitrogen and oxygen atoms in total. The van der Waals surface area contributed by atoms with Crippen LogP contribution >= 0.6 is 11.6 Å². The maximum atomic E-state index is 12.1. The van der Waals surface area contributed by atoms with Crippen molar-refractivity contribution < 1.29 is 19.1 Å². The first-order valence-corrected chi connectivity index (χ1v) is 7.38. The number of hydrogen-bond donors (Lipinski definition) is 0. The third-order valence-corrected chi connectivity index (χ3v) is 2.59. The molecule has 0 aromatic heterocycles. The number of rotatable bonds is 6. The van der Waals surface area contributed by atoms with E-state index in [4.69, 9.17) is 21.1 Å². The summed E-state index contributed by atoms with van der Waals surface area (Å²) in [5, 5.41) is 0. The lowest BCUT2D eigenvalue weighted by atomic mass is 10.2. The van der Waals surface area contributed by atoms with Gasteiger partial charge in [-0.15, -0.1) is 11.6 Å². The van der Waals surface area contributed by atoms with Crippen LogP contribution in [0.3, 0.4) is 0 Å². The van der Waals surface area contributed by atoms with Crippen molar-refractivity contribution in [2.75, 3.05) is 12.4 Å². The Labute approximate surface area is 126 Å². The number of ether oxygens (including phenoxy) is 2. The minimum absolute atomic E-state index is 0.224. The molecule has 0 aromatic rings. The highest BCUT2D eigenvalue weighted by Gasteiger charge is 2.30. The summed E-state index contributed by atoms with van der Waals surface area (Å²) in [6.45, 7) is 10.9. The van der Waals surface area contributed by atoms with Crippen LogP contribution < -0.4 is 0 Å². The third kappa shape index (κ3) is 7.58. The maximum Gasteiger partial charge on any atom is 0.411 e. The second-order valence-corrected chi connectivity index (χ2v) is 6.26. The highest BCUT2D eigenvalue weighted by molar-refractivity contribution is 6.17. The average Bonchev–Trinajstić information content (AvgIpc) is 2.25. The Bertz CT molecular complexity index is 326. The fourth-order valence-corrected chi connectivity index (χ4v) is 1.57. The van der Waals surface area contributed by atoms with Crippen LogP contribution in [0.25, 0.3) is 0 Å². The van der Waals surface area contributed by atoms with E-state index in [1.807, 2.05) is 0 Å². The van der Waals surface area contributed by atoms with Crippen molar-refractivity contribution in [2.24, 2.45) is 0 Å². The predicted octanol–water partition coefficient (Wildman–Crippen LogP) is 3.19. The van der Waals surface area contributed by atoms with Crippen LogP contribution in [0.5, 0.6) is 0 Å². The second kappa shape index (κ2) is 8.35. The quantitative estimate of drug-likeness (QED) is 0.558. The van der Waals surface area contributed by atoms with Gasteiger partial charge in [-0.3, -0.25) is 4.90 Å². The number of amides is 1. The van der Waals surface area contributed by atoms with Gasteiger partial charge < -0.3 is 9.47 Å². The molecule has 0 aliphatic carbocycles. The minimum atomic E-state index is -0.699. The molecule has 1 unspecified atom stereocenters. The molecule has 20 heavy (non-hydrogen) atoms. The van der Waals surface area contributed by atoms with Gasteiger partial charge in [-0.05, 0) is 48.0 Å². The molecule has 1 atom stereocenters. The standard InChI is InChI=1S/C14H26ClNO4/c1-10(2)19-12(17)11(3)16(9-7-8-15)13(18)20-14(4,5)6/h10-11H,7-9H2,1-6H3. The normalized spacial score (nSPS) is 13.0. The van der Waals surface area contributed by atoms with E-state index >= 15 is 0 Å². The first-order valence-electron chi connectivity index (χ1n) is 6.84. The Balaban J connectivity index is 4.85. The monoisotopic (exact) mass is 307 g/mol. The van der Waals surface area contributed by atoms with Gasteiger partial charge in [0.15, 0.2) is 0 Å². The maximum absolute atomic E-state index is 12.1. The molecular formula is C14H26ClNO4. The van der Waals surface area contributed by atoms with Crippen molar-refractivity contribution in [3.05, 3.63) is 0 Å². The van der Waals surface area contributed by atoms with Gasteiger partial charge in [0.05, 0.1) is 6.10 Å². The van der Waals surface area contributed by atoms with Crippen molar-refractivity contribution in [2.45, 2.75) is 65.7 Å². The zero-order valence-corrected chi connectivity index (χ0v) is 14.0. The fraction of sp³-hybridized carbons (Fsp3) is 0.857. The van der Waals surface area contributed by atoms with E-state index in [-0.39, 0.29) is 6.10 Å². The molecule has 0 radical (unpaired) electrons. The summed E-state index contributed by atoms with van der Waals surface area (Å²) in [6, 6.07) is -0.699. The van der Waals surface area contributed by atoms with Gasteiger partial charge >= 0.3 is 12.1 Å². The Morgan fingerprint density at radius 1 is 1.20 bits per heavy atom. The van der Waals surface area contributed by atoms with Gasteiger partial charge in [0, 0.05) is 12.4 Å². The number of alkyl halides is 1. The summed E-state index contributed by atoms with van der Waals surface area (Å²) in [7, 11) is 0. The Hall–Kier alpha value is -0.970. The van der Waals surface area contributed by atoms with Gasteiger partial charge in [-0.2, -0.15) is 0 Å². The summed E-state index contributed by atoms with van der Waals surface area (Å²) < 4.78 is 10.4. The zero-order chi connectivity index (χ0) is 15.9. The van der Waals surface area contributed by atoms with E-state index < -0.39 is 23.7 Å². The van der Waals surface area contributed by atoms with Gasteiger partial charge in [0.1, 0.15) is 11.6 Å². The van der Waals surface area contributed by atoms with Crippen LogP contribution in [0.4, 0.5) is 4.79 Å². The number of hydrogen-bond acceptors (Lipinski definition) is 4. The summed E-state index contributed by atoms with van der Waals surface area (Å²) in [4.78, 5) is 25.4. The molecule has 0 aliphatic heterocycles. The number of nitrogens with zero attached hydrogens (tertiary/aromatic N) is 1. The fourth-order valence-electron chi connectivity index (χ4n) is 1.45. The van der Waals surface area contributed by atoms with Crippen molar-refractivity contribution in [1.82, 2.24) is 4.90 Å². The average molecular weight is 308 g/mol. The van der Waals surface area contributed by atoms with Crippen molar-refractivity contribution in [1.29, 1.82) is 0 Å². The topological polar surface area (TPSA) is 55.8 Å². The number of esters is 1. The lowest BCUT2D eigenvalue weighted by Crippen LogP contribution is -2.47. The molecule has 0 saturated carbocycles. The molecule has 1 amide bonds. The lowest BCUT2D eigenvalue weighted by Gasteiger charge is -2.30. The van der Waals surface area contributed by atoms with E-state index in [2.05, 4.69) is 0 Å². The zero-order valence-electron chi connectivity index (χ0n) is 13.2. The summed E-state index contributed by atoms with van der Waals surface area (Å²) >= 11 is 5.66. The first kappa shape index (κ1) is 19.0. The van der Waals surface area contributed by atoms with E-state index in [0.717, 1.165) is 0 Å². The second-order valence-electron chi connectivity index (χ2n) is 5.88. The SMILES string of the molecule is CC(C)OC(=O)C(C)N(CCCCl)C(=O)OC(C)(C)C. The third-order valence-electron chi connectivity index (χ3n) is 2.32. The molecule has 0 heterocycles. The van der Waals surface area contributed by atoms with Crippen molar-refractivity contribution in [3.63, 3.8) is 0 Å². The first-order chi connectivity index (χ1) is 9.08. The molecule has 0 saturated heterocycles. The summed E-state index contributed by atoms with van der Waals surface area (Å²) in [5.41, 5.74) is -0.613. The number of halogens is 1. The van der Waals surface area contributed by atoms with E-state index in [1.165, 1.54) is 4.90 Å². The molecule has 0 aliphatic rings. The van der Waals surface area contributed by atoms with E-state index in [9.17, 15) is 9.59 Å². The molecule has 6 heteroatoms. The molecule has 0 spiro atoms. The number of carbonyl (C=O) groups is 2. The molecule has 0 fully saturated rings. The molecular weight excluding hydrogens is 282 g/mol. The van der Waals surface area contributed by atoms with Gasteiger partial charge in [-0.25, -0.2) is 9.59 Å². The van der Waals surface area contributed by atoms with Crippen LogP contribution in [-0.4, -0.2) is 47.1 Å². The van der Waals surface area contributed by atoms with E-state index in [0.29, 0.717) is 18.8 Å². The van der Waals surface area contributed by atoms with Crippen LogP contribution in [0.2, 0.25) is 0 Å². The summed E-state index contributed by atoms with van der Waals surface area (Å²) in [6.07, 6.45) is -0.172. The van der Waals surface area contributed by atoms with Crippen LogP contribution in [0.1, 0.15) is 48.0 Å². The lowest BCUT2D eigenvalue weighted by molar-refractivity contribution is -0.153. The molecule has 0 rings (SSSR count). The summed E-state index contributed by atoms with van der Waals surface area (Å²) in [5.74, 6) is -0.0361. The molecule has 0 bridgehead atoms. The highest BCUT2D eigenvalue weighted by atomic mass is 35.5. The van der Waals surface area contributed by atoms with Gasteiger partial charge in [-0.1, -0.05) is 0 Å². The Kier molecular flexibility index (Phi) is 7.94. The van der Waals surface area contributed by atoms with Crippen LogP contribution in [-0.2, 0) is 14.3 Å². The largest absolute Gasteiger partial charge is 0.461 e. The van der Waals surface area contributed by atoms with Crippen molar-refractivity contribution >= 4 is 23.7 Å². The minimum Gasteiger partial charge on any atom is -0.461 e. The number of carbonyl (C=O) groups excluding carboxylic acids is 2. The van der Waals surface area contributed by atoms with Crippen LogP contribution in [0, 0.1) is 0 Å². The van der Waals surface area contributed by atoms with Gasteiger partial charge in [0.25, 0.3) is 0 Å². The molecule has 118 valence electrons. The molecule has 0 aromatic carbocycles. The molecule has 0 N–H and O–H groups in total. The van der Waals surface area contributed by atoms with Crippen LogP contribution in [0.15, 0.2) is 0 Å². The Morgan fingerprint density at radius 2 is 1.75 bits per heavy atom. The van der Waals surface area contributed by atoms with Gasteiger partial charge in [0.2, 0.25) is 0 Å². The predicted molar refractivity (Wildman–Crippen MR) is 79.0 cm³/mol. The van der Waals surface area contributed by atoms with Crippen molar-refractivity contribution in [3.8, 4) is 0 Å². The van der Waals surface area contributed by atoms with E-state index in [1.54, 1.807) is 41.5 Å². The Morgan fingerprint density at radius 3 is 2.15 bits per heavy atom. The highest BCUT2D eigenvalue weighted by Crippen LogP contribution is 2.14. The smallest absolute Gasteiger partial charge is 0.411 e.